The molecule has 4 nitrogen and oxygen atoms in total. The molecule has 1 unspecified atom stereocenters. The van der Waals surface area contributed by atoms with Gasteiger partial charge in [0.1, 0.15) is 5.60 Å². The molecule has 112 valence electrons. The third-order valence-corrected chi connectivity index (χ3v) is 2.90. The normalized spacial score (nSPS) is 12.9. The van der Waals surface area contributed by atoms with Crippen LogP contribution in [0, 0.1) is 5.92 Å². The fourth-order valence-electron chi connectivity index (χ4n) is 1.54. The first-order chi connectivity index (χ1) is 9.17. The molecule has 1 amide bonds. The summed E-state index contributed by atoms with van der Waals surface area (Å²) < 4.78 is 5.23. The van der Waals surface area contributed by atoms with Crippen molar-refractivity contribution < 1.29 is 9.53 Å². The minimum absolute atomic E-state index is 0.367. The van der Waals surface area contributed by atoms with Gasteiger partial charge in [0.05, 0.1) is 0 Å². The van der Waals surface area contributed by atoms with Crippen molar-refractivity contribution in [3.8, 4) is 0 Å². The first kappa shape index (κ1) is 16.3. The molecule has 0 aliphatic carbocycles. The highest BCUT2D eigenvalue weighted by atomic mass is 16.6. The van der Waals surface area contributed by atoms with Crippen LogP contribution in [0.4, 0.5) is 16.2 Å². The highest BCUT2D eigenvalue weighted by molar-refractivity contribution is 5.85. The molecule has 0 aliphatic rings. The highest BCUT2D eigenvalue weighted by Crippen LogP contribution is 2.18. The molecule has 20 heavy (non-hydrogen) atoms. The van der Waals surface area contributed by atoms with Crippen molar-refractivity contribution in [2.75, 3.05) is 10.6 Å². The Balaban J connectivity index is 2.66. The molecule has 4 heteroatoms. The van der Waals surface area contributed by atoms with Crippen LogP contribution in [0.2, 0.25) is 0 Å². The average molecular weight is 278 g/mol. The predicted octanol–water partition coefficient (Wildman–Crippen LogP) is 4.49. The van der Waals surface area contributed by atoms with Gasteiger partial charge in [-0.25, -0.2) is 4.79 Å². The Hall–Kier alpha value is -1.71. The van der Waals surface area contributed by atoms with E-state index in [0.29, 0.717) is 12.0 Å². The lowest BCUT2D eigenvalue weighted by molar-refractivity contribution is 0.0636. The number of ether oxygens (including phenoxy) is 1. The number of anilines is 2. The van der Waals surface area contributed by atoms with Crippen molar-refractivity contribution >= 4 is 17.5 Å². The number of nitrogens with one attached hydrogen (secondary N) is 2. The van der Waals surface area contributed by atoms with Gasteiger partial charge in [-0.15, -0.1) is 0 Å². The fourth-order valence-corrected chi connectivity index (χ4v) is 1.54. The van der Waals surface area contributed by atoms with E-state index in [-0.39, 0.29) is 0 Å². The lowest BCUT2D eigenvalue weighted by Crippen LogP contribution is -2.27. The van der Waals surface area contributed by atoms with Crippen LogP contribution in [0.5, 0.6) is 0 Å². The Kier molecular flexibility index (Phi) is 5.43. The van der Waals surface area contributed by atoms with Crippen molar-refractivity contribution in [3.63, 3.8) is 0 Å². The van der Waals surface area contributed by atoms with Gasteiger partial charge in [-0.2, -0.15) is 0 Å². The van der Waals surface area contributed by atoms with Crippen LogP contribution in [-0.4, -0.2) is 17.7 Å². The monoisotopic (exact) mass is 278 g/mol. The Labute approximate surface area is 121 Å². The molecule has 0 fully saturated rings. The average Bonchev–Trinajstić information content (AvgIpc) is 2.26. The Bertz CT molecular complexity index is 450. The van der Waals surface area contributed by atoms with Crippen molar-refractivity contribution in [3.05, 3.63) is 24.3 Å². The van der Waals surface area contributed by atoms with Crippen molar-refractivity contribution in [1.82, 2.24) is 0 Å². The third kappa shape index (κ3) is 5.95. The summed E-state index contributed by atoms with van der Waals surface area (Å²) in [5, 5.41) is 6.15. The van der Waals surface area contributed by atoms with E-state index in [1.165, 1.54) is 0 Å². The molecule has 1 rings (SSSR count). The number of rotatable bonds is 4. The van der Waals surface area contributed by atoms with Gasteiger partial charge in [0, 0.05) is 17.4 Å². The summed E-state index contributed by atoms with van der Waals surface area (Å²) in [5.41, 5.74) is 1.21. The highest BCUT2D eigenvalue weighted by Gasteiger charge is 2.16. The quantitative estimate of drug-likeness (QED) is 0.853. The van der Waals surface area contributed by atoms with E-state index in [0.717, 1.165) is 11.4 Å². The number of amides is 1. The van der Waals surface area contributed by atoms with E-state index in [4.69, 9.17) is 4.74 Å². The minimum Gasteiger partial charge on any atom is -0.444 e. The van der Waals surface area contributed by atoms with Crippen LogP contribution in [0.25, 0.3) is 0 Å². The van der Waals surface area contributed by atoms with Crippen LogP contribution in [0.1, 0.15) is 41.5 Å². The molecule has 1 aromatic rings. The number of hydrogen-bond donors (Lipinski definition) is 2. The standard InChI is InChI=1S/C16H26N2O2/c1-11(2)12(3)17-13-8-7-9-14(10-13)18-15(19)20-16(4,5)6/h7-12,17H,1-6H3,(H,18,19). The Morgan fingerprint density at radius 3 is 2.30 bits per heavy atom. The molecule has 0 heterocycles. The lowest BCUT2D eigenvalue weighted by Gasteiger charge is -2.21. The van der Waals surface area contributed by atoms with Gasteiger partial charge in [-0.3, -0.25) is 5.32 Å². The first-order valence-electron chi connectivity index (χ1n) is 7.04. The smallest absolute Gasteiger partial charge is 0.412 e. The zero-order valence-corrected chi connectivity index (χ0v) is 13.3. The number of carbonyl (C=O) groups is 1. The Morgan fingerprint density at radius 2 is 1.75 bits per heavy atom. The van der Waals surface area contributed by atoms with Crippen LogP contribution in [-0.2, 0) is 4.74 Å². The van der Waals surface area contributed by atoms with Gasteiger partial charge in [0.15, 0.2) is 0 Å². The fraction of sp³-hybridized carbons (Fsp3) is 0.562. The second-order valence-electron chi connectivity index (χ2n) is 6.38. The summed E-state index contributed by atoms with van der Waals surface area (Å²) in [5.74, 6) is 0.539. The minimum atomic E-state index is -0.494. The molecule has 0 saturated heterocycles. The van der Waals surface area contributed by atoms with Gasteiger partial charge in [-0.1, -0.05) is 19.9 Å². The maximum absolute atomic E-state index is 11.7. The molecule has 0 bridgehead atoms. The number of benzene rings is 1. The molecular weight excluding hydrogens is 252 g/mol. The largest absolute Gasteiger partial charge is 0.444 e. The zero-order chi connectivity index (χ0) is 15.3. The van der Waals surface area contributed by atoms with Crippen molar-refractivity contribution in [1.29, 1.82) is 0 Å². The second-order valence-corrected chi connectivity index (χ2v) is 6.38. The van der Waals surface area contributed by atoms with Gasteiger partial charge >= 0.3 is 6.09 Å². The van der Waals surface area contributed by atoms with Gasteiger partial charge in [0.25, 0.3) is 0 Å². The maximum atomic E-state index is 11.7. The van der Waals surface area contributed by atoms with E-state index in [2.05, 4.69) is 31.4 Å². The number of carbonyl (C=O) groups excluding carboxylic acids is 1. The number of hydrogen-bond acceptors (Lipinski definition) is 3. The van der Waals surface area contributed by atoms with E-state index in [1.807, 2.05) is 45.0 Å². The zero-order valence-electron chi connectivity index (χ0n) is 13.3. The molecule has 0 aliphatic heterocycles. The summed E-state index contributed by atoms with van der Waals surface area (Å²) in [6.45, 7) is 12.0. The van der Waals surface area contributed by atoms with E-state index in [9.17, 15) is 4.79 Å². The molecule has 2 N–H and O–H groups in total. The first-order valence-corrected chi connectivity index (χ1v) is 7.04. The SMILES string of the molecule is CC(C)C(C)Nc1cccc(NC(=O)OC(C)(C)C)c1. The third-order valence-electron chi connectivity index (χ3n) is 2.90. The van der Waals surface area contributed by atoms with Crippen LogP contribution in [0.15, 0.2) is 24.3 Å². The summed E-state index contributed by atoms with van der Waals surface area (Å²) in [6, 6.07) is 8.01. The van der Waals surface area contributed by atoms with Gasteiger partial charge in [-0.05, 0) is 51.8 Å². The van der Waals surface area contributed by atoms with Crippen molar-refractivity contribution in [2.45, 2.75) is 53.2 Å². The summed E-state index contributed by atoms with van der Waals surface area (Å²) in [6.07, 6.45) is -0.438. The molecule has 0 radical (unpaired) electrons. The predicted molar refractivity (Wildman–Crippen MR) is 84.2 cm³/mol. The van der Waals surface area contributed by atoms with Crippen molar-refractivity contribution in [2.24, 2.45) is 5.92 Å². The molecule has 1 atom stereocenters. The van der Waals surface area contributed by atoms with E-state index < -0.39 is 11.7 Å². The summed E-state index contributed by atoms with van der Waals surface area (Å²) in [7, 11) is 0. The van der Waals surface area contributed by atoms with E-state index >= 15 is 0 Å². The van der Waals surface area contributed by atoms with Crippen LogP contribution >= 0.6 is 0 Å². The molecule has 0 spiro atoms. The summed E-state index contributed by atoms with van der Waals surface area (Å²) >= 11 is 0. The second kappa shape index (κ2) is 6.64. The maximum Gasteiger partial charge on any atom is 0.412 e. The molecule has 0 aromatic heterocycles. The van der Waals surface area contributed by atoms with Crippen LogP contribution in [0.3, 0.4) is 0 Å². The van der Waals surface area contributed by atoms with E-state index in [1.54, 1.807) is 0 Å². The molecular formula is C16H26N2O2. The van der Waals surface area contributed by atoms with Crippen LogP contribution < -0.4 is 10.6 Å². The Morgan fingerprint density at radius 1 is 1.15 bits per heavy atom. The molecule has 0 saturated carbocycles. The summed E-state index contributed by atoms with van der Waals surface area (Å²) in [4.78, 5) is 11.7. The lowest BCUT2D eigenvalue weighted by atomic mass is 10.1. The van der Waals surface area contributed by atoms with Gasteiger partial charge in [0.2, 0.25) is 0 Å². The topological polar surface area (TPSA) is 50.4 Å². The van der Waals surface area contributed by atoms with Gasteiger partial charge < -0.3 is 10.1 Å². The molecule has 1 aromatic carbocycles.